The molecule has 0 N–H and O–H groups in total. The van der Waals surface area contributed by atoms with Crippen molar-refractivity contribution in [2.24, 2.45) is 0 Å². The van der Waals surface area contributed by atoms with Crippen molar-refractivity contribution in [3.63, 3.8) is 0 Å². The summed E-state index contributed by atoms with van der Waals surface area (Å²) < 4.78 is 14.7. The van der Waals surface area contributed by atoms with Crippen LogP contribution in [0.2, 0.25) is 0 Å². The zero-order valence-corrected chi connectivity index (χ0v) is 24.2. The highest BCUT2D eigenvalue weighted by molar-refractivity contribution is 6.15. The first-order chi connectivity index (χ1) is 22.3. The molecule has 10 rings (SSSR count). The second kappa shape index (κ2) is 9.22. The summed E-state index contributed by atoms with van der Waals surface area (Å²) in [6, 6.07) is 53.8. The summed E-state index contributed by atoms with van der Waals surface area (Å²) in [4.78, 5) is 0. The molecule has 7 aromatic carbocycles. The second-order valence-electron chi connectivity index (χ2n) is 11.7. The zero-order valence-electron chi connectivity index (χ0n) is 24.2. The van der Waals surface area contributed by atoms with Crippen LogP contribution in [0.1, 0.15) is 0 Å². The predicted molar refractivity (Wildman–Crippen MR) is 186 cm³/mol. The summed E-state index contributed by atoms with van der Waals surface area (Å²) in [6.07, 6.45) is 0. The van der Waals surface area contributed by atoms with Gasteiger partial charge < -0.3 is 13.4 Å². The molecule has 3 nitrogen and oxygen atoms in total. The number of aromatic nitrogens is 1. The Balaban J connectivity index is 1.15. The Morgan fingerprint density at radius 3 is 1.73 bits per heavy atom. The van der Waals surface area contributed by atoms with Crippen LogP contribution in [-0.4, -0.2) is 4.57 Å². The lowest BCUT2D eigenvalue weighted by Crippen LogP contribution is -1.94. The van der Waals surface area contributed by atoms with Gasteiger partial charge in [0.05, 0.1) is 22.1 Å². The van der Waals surface area contributed by atoms with Crippen molar-refractivity contribution < 1.29 is 8.83 Å². The van der Waals surface area contributed by atoms with Gasteiger partial charge in [0.15, 0.2) is 0 Å². The fourth-order valence-corrected chi connectivity index (χ4v) is 7.14. The SMILES string of the molecule is c1cc(-c2ccc3oc4ccccc4c3c2)cc(-c2ccc3c(c2)c2ccccc2n3-c2cccc3oc4ccccc4c23)c1. The van der Waals surface area contributed by atoms with E-state index in [0.29, 0.717) is 0 Å². The number of benzene rings is 7. The second-order valence-corrected chi connectivity index (χ2v) is 11.7. The van der Waals surface area contributed by atoms with E-state index in [9.17, 15) is 0 Å². The van der Waals surface area contributed by atoms with Crippen LogP contribution in [0.25, 0.3) is 93.6 Å². The number of nitrogens with zero attached hydrogens (tertiary/aromatic N) is 1. The van der Waals surface area contributed by atoms with Crippen molar-refractivity contribution in [3.05, 3.63) is 152 Å². The maximum absolute atomic E-state index is 6.26. The van der Waals surface area contributed by atoms with Crippen LogP contribution in [0.15, 0.2) is 160 Å². The fraction of sp³-hybridized carbons (Fsp3) is 0. The van der Waals surface area contributed by atoms with Gasteiger partial charge in [-0.3, -0.25) is 0 Å². The molecule has 3 heteroatoms. The number of fused-ring (bicyclic) bond motifs is 9. The number of hydrogen-bond donors (Lipinski definition) is 0. The van der Waals surface area contributed by atoms with Crippen LogP contribution in [0.3, 0.4) is 0 Å². The van der Waals surface area contributed by atoms with E-state index >= 15 is 0 Å². The molecule has 0 spiro atoms. The predicted octanol–water partition coefficient (Wildman–Crippen LogP) is 11.9. The molecule has 45 heavy (non-hydrogen) atoms. The van der Waals surface area contributed by atoms with E-state index in [2.05, 4.69) is 132 Å². The van der Waals surface area contributed by atoms with E-state index < -0.39 is 0 Å². The van der Waals surface area contributed by atoms with Crippen molar-refractivity contribution in [2.45, 2.75) is 0 Å². The standard InChI is InChI=1S/C42H25NO2/c1-4-14-35-30(11-1)33-24-28(19-21-36(33)43(35)37-15-8-18-41-42(37)32-13-3-6-17-39(32)45-41)26-9-7-10-27(23-26)29-20-22-40-34(25-29)31-12-2-5-16-38(31)44-40/h1-25H. The molecular weight excluding hydrogens is 550 g/mol. The third kappa shape index (κ3) is 3.58. The number of hydrogen-bond acceptors (Lipinski definition) is 2. The largest absolute Gasteiger partial charge is 0.456 e. The molecule has 10 aromatic rings. The van der Waals surface area contributed by atoms with E-state index in [1.807, 2.05) is 24.3 Å². The van der Waals surface area contributed by atoms with Gasteiger partial charge in [-0.2, -0.15) is 0 Å². The van der Waals surface area contributed by atoms with Crippen molar-refractivity contribution in [1.29, 1.82) is 0 Å². The topological polar surface area (TPSA) is 31.2 Å². The third-order valence-corrected chi connectivity index (χ3v) is 9.20. The molecule has 0 amide bonds. The minimum Gasteiger partial charge on any atom is -0.456 e. The van der Waals surface area contributed by atoms with Gasteiger partial charge in [-0.1, -0.05) is 91.0 Å². The molecule has 0 atom stereocenters. The maximum atomic E-state index is 6.26. The Hall–Kier alpha value is -6.06. The fourth-order valence-electron chi connectivity index (χ4n) is 7.14. The average molecular weight is 576 g/mol. The Bertz CT molecular complexity index is 2770. The average Bonchev–Trinajstić information content (AvgIpc) is 3.77. The molecular formula is C42H25NO2. The number of furan rings is 2. The zero-order chi connectivity index (χ0) is 29.5. The highest BCUT2D eigenvalue weighted by Crippen LogP contribution is 2.40. The summed E-state index contributed by atoms with van der Waals surface area (Å²) in [6.45, 7) is 0. The Labute approximate surface area is 258 Å². The van der Waals surface area contributed by atoms with Gasteiger partial charge in [0.1, 0.15) is 22.3 Å². The summed E-state index contributed by atoms with van der Waals surface area (Å²) in [5.41, 5.74) is 11.8. The van der Waals surface area contributed by atoms with Crippen molar-refractivity contribution in [3.8, 4) is 27.9 Å². The first-order valence-electron chi connectivity index (χ1n) is 15.3. The molecule has 0 aliphatic carbocycles. The molecule has 0 radical (unpaired) electrons. The quantitative estimate of drug-likeness (QED) is 0.210. The van der Waals surface area contributed by atoms with E-state index in [4.69, 9.17) is 8.83 Å². The molecule has 0 bridgehead atoms. The van der Waals surface area contributed by atoms with Crippen molar-refractivity contribution >= 4 is 65.7 Å². The highest BCUT2D eigenvalue weighted by Gasteiger charge is 2.18. The molecule has 0 aliphatic rings. The maximum Gasteiger partial charge on any atom is 0.137 e. The Morgan fingerprint density at radius 1 is 0.333 bits per heavy atom. The highest BCUT2D eigenvalue weighted by atomic mass is 16.3. The smallest absolute Gasteiger partial charge is 0.137 e. The summed E-state index contributed by atoms with van der Waals surface area (Å²) >= 11 is 0. The number of para-hydroxylation sites is 3. The van der Waals surface area contributed by atoms with Crippen LogP contribution in [0.5, 0.6) is 0 Å². The molecule has 0 unspecified atom stereocenters. The molecule has 0 aliphatic heterocycles. The van der Waals surface area contributed by atoms with Crippen LogP contribution < -0.4 is 0 Å². The minimum atomic E-state index is 0.898. The molecule has 0 saturated carbocycles. The van der Waals surface area contributed by atoms with E-state index in [1.165, 1.54) is 44.1 Å². The Kier molecular flexibility index (Phi) is 5.00. The van der Waals surface area contributed by atoms with Gasteiger partial charge in [-0.15, -0.1) is 0 Å². The first kappa shape index (κ1) is 24.4. The molecule has 3 aromatic heterocycles. The summed E-state index contributed by atoms with van der Waals surface area (Å²) in [5, 5.41) is 7.01. The third-order valence-electron chi connectivity index (χ3n) is 9.20. The molecule has 0 saturated heterocycles. The van der Waals surface area contributed by atoms with Crippen LogP contribution in [0.4, 0.5) is 0 Å². The normalized spacial score (nSPS) is 12.0. The minimum absolute atomic E-state index is 0.898. The van der Waals surface area contributed by atoms with Gasteiger partial charge in [-0.25, -0.2) is 0 Å². The molecule has 0 fully saturated rings. The van der Waals surface area contributed by atoms with Gasteiger partial charge in [0.25, 0.3) is 0 Å². The summed E-state index contributed by atoms with van der Waals surface area (Å²) in [5.74, 6) is 0. The van der Waals surface area contributed by atoms with Crippen molar-refractivity contribution in [1.82, 2.24) is 4.57 Å². The van der Waals surface area contributed by atoms with E-state index in [1.54, 1.807) is 0 Å². The lowest BCUT2D eigenvalue weighted by Gasteiger charge is -2.10. The van der Waals surface area contributed by atoms with Gasteiger partial charge in [0, 0.05) is 26.9 Å². The van der Waals surface area contributed by atoms with Gasteiger partial charge in [-0.05, 0) is 82.9 Å². The van der Waals surface area contributed by atoms with Gasteiger partial charge in [0.2, 0.25) is 0 Å². The summed E-state index contributed by atoms with van der Waals surface area (Å²) in [7, 11) is 0. The van der Waals surface area contributed by atoms with Crippen LogP contribution in [0, 0.1) is 0 Å². The van der Waals surface area contributed by atoms with Crippen LogP contribution in [-0.2, 0) is 0 Å². The monoisotopic (exact) mass is 575 g/mol. The molecule has 210 valence electrons. The van der Waals surface area contributed by atoms with Crippen molar-refractivity contribution in [2.75, 3.05) is 0 Å². The number of rotatable bonds is 3. The first-order valence-corrected chi connectivity index (χ1v) is 15.3. The lowest BCUT2D eigenvalue weighted by molar-refractivity contribution is 0.668. The van der Waals surface area contributed by atoms with E-state index in [0.717, 1.165) is 49.6 Å². The Morgan fingerprint density at radius 2 is 0.889 bits per heavy atom. The van der Waals surface area contributed by atoms with Gasteiger partial charge >= 0.3 is 0 Å². The van der Waals surface area contributed by atoms with Crippen LogP contribution >= 0.6 is 0 Å². The lowest BCUT2D eigenvalue weighted by atomic mass is 9.97. The molecule has 3 heterocycles. The van der Waals surface area contributed by atoms with E-state index in [-0.39, 0.29) is 0 Å².